The summed E-state index contributed by atoms with van der Waals surface area (Å²) in [5.74, 6) is 0. The van der Waals surface area contributed by atoms with Gasteiger partial charge in [0.1, 0.15) is 0 Å². The summed E-state index contributed by atoms with van der Waals surface area (Å²) in [5.41, 5.74) is 5.44. The van der Waals surface area contributed by atoms with Crippen LogP contribution in [0.15, 0.2) is 40.7 Å². The van der Waals surface area contributed by atoms with Crippen molar-refractivity contribution in [2.45, 2.75) is 32.1 Å². The van der Waals surface area contributed by atoms with Crippen molar-refractivity contribution in [3.8, 4) is 0 Å². The molecule has 0 saturated heterocycles. The monoisotopic (exact) mass is 273 g/mol. The van der Waals surface area contributed by atoms with Crippen LogP contribution in [-0.4, -0.2) is 49.7 Å². The predicted octanol–water partition coefficient (Wildman–Crippen LogP) is 3.22. The van der Waals surface area contributed by atoms with Gasteiger partial charge < -0.3 is 9.80 Å². The van der Waals surface area contributed by atoms with E-state index in [1.165, 1.54) is 54.8 Å². The summed E-state index contributed by atoms with van der Waals surface area (Å²) in [6.07, 6.45) is 10.3. The molecule has 1 heterocycles. The summed E-state index contributed by atoms with van der Waals surface area (Å²) >= 11 is 0. The summed E-state index contributed by atoms with van der Waals surface area (Å²) in [5, 5.41) is 0. The Morgan fingerprint density at radius 2 is 2.00 bits per heavy atom. The topological polar surface area (TPSA) is 18.8 Å². The van der Waals surface area contributed by atoms with E-state index in [9.17, 15) is 0 Å². The number of allylic oxidation sites excluding steroid dienone is 4. The second kappa shape index (κ2) is 6.89. The van der Waals surface area contributed by atoms with E-state index in [2.05, 4.69) is 41.5 Å². The second-order valence-electron chi connectivity index (χ2n) is 5.80. The molecule has 20 heavy (non-hydrogen) atoms. The average Bonchev–Trinajstić information content (AvgIpc) is 2.57. The van der Waals surface area contributed by atoms with E-state index in [0.717, 1.165) is 13.1 Å². The highest BCUT2D eigenvalue weighted by Gasteiger charge is 2.32. The highest BCUT2D eigenvalue weighted by Crippen LogP contribution is 2.37. The molecule has 3 nitrogen and oxygen atoms in total. The zero-order chi connectivity index (χ0) is 14.5. The summed E-state index contributed by atoms with van der Waals surface area (Å²) in [6, 6.07) is 0. The SMILES string of the molecule is C=C/C=C1\C(=NC)C2=C(CCCCC2)N1CCN(C)C. The molecule has 0 radical (unpaired) electrons. The molecule has 0 N–H and O–H groups in total. The molecule has 0 fully saturated rings. The first-order valence-electron chi connectivity index (χ1n) is 7.63. The fourth-order valence-corrected chi connectivity index (χ4v) is 3.13. The molecular formula is C17H27N3. The van der Waals surface area contributed by atoms with E-state index >= 15 is 0 Å². The van der Waals surface area contributed by atoms with Gasteiger partial charge in [-0.2, -0.15) is 0 Å². The minimum Gasteiger partial charge on any atom is -0.342 e. The molecule has 0 spiro atoms. The minimum absolute atomic E-state index is 1.03. The number of aliphatic imine (C=N–C) groups is 1. The first-order valence-corrected chi connectivity index (χ1v) is 7.63. The normalized spacial score (nSPS) is 23.7. The Labute approximate surface area is 123 Å². The Morgan fingerprint density at radius 3 is 2.65 bits per heavy atom. The molecule has 1 aliphatic heterocycles. The van der Waals surface area contributed by atoms with Crippen molar-refractivity contribution >= 4 is 5.71 Å². The standard InChI is InChI=1S/C17H27N3/c1-5-9-16-17(18-2)14-10-7-6-8-11-15(14)20(16)13-12-19(3)4/h5,9H,1,6-8,10-13H2,2-4H3/b16-9+,18-17?. The highest BCUT2D eigenvalue weighted by atomic mass is 15.2. The van der Waals surface area contributed by atoms with Gasteiger partial charge >= 0.3 is 0 Å². The van der Waals surface area contributed by atoms with Crippen LogP contribution in [0, 0.1) is 0 Å². The van der Waals surface area contributed by atoms with E-state index in [4.69, 9.17) is 0 Å². The smallest absolute Gasteiger partial charge is 0.0857 e. The molecule has 110 valence electrons. The van der Waals surface area contributed by atoms with E-state index in [1.54, 1.807) is 0 Å². The van der Waals surface area contributed by atoms with Crippen LogP contribution < -0.4 is 0 Å². The Bertz CT molecular complexity index is 455. The fraction of sp³-hybridized carbons (Fsp3) is 0.588. The lowest BCUT2D eigenvalue weighted by atomic mass is 10.0. The first kappa shape index (κ1) is 15.0. The molecule has 3 heteroatoms. The Kier molecular flexibility index (Phi) is 5.18. The molecule has 1 aliphatic carbocycles. The van der Waals surface area contributed by atoms with Crippen molar-refractivity contribution in [2.75, 3.05) is 34.2 Å². The second-order valence-corrected chi connectivity index (χ2v) is 5.80. The lowest BCUT2D eigenvalue weighted by Gasteiger charge is -2.25. The van der Waals surface area contributed by atoms with Gasteiger partial charge in [0.05, 0.1) is 11.4 Å². The Balaban J connectivity index is 2.35. The highest BCUT2D eigenvalue weighted by molar-refractivity contribution is 6.15. The van der Waals surface area contributed by atoms with Gasteiger partial charge in [-0.1, -0.05) is 19.1 Å². The van der Waals surface area contributed by atoms with E-state index in [1.807, 2.05) is 13.1 Å². The van der Waals surface area contributed by atoms with Gasteiger partial charge in [0.2, 0.25) is 0 Å². The lowest BCUT2D eigenvalue weighted by molar-refractivity contribution is 0.335. The van der Waals surface area contributed by atoms with Crippen molar-refractivity contribution in [2.24, 2.45) is 4.99 Å². The van der Waals surface area contributed by atoms with E-state index < -0.39 is 0 Å². The maximum atomic E-state index is 4.58. The van der Waals surface area contributed by atoms with Crippen molar-refractivity contribution in [3.63, 3.8) is 0 Å². The van der Waals surface area contributed by atoms with Gasteiger partial charge in [0.15, 0.2) is 0 Å². The number of hydrogen-bond donors (Lipinski definition) is 0. The van der Waals surface area contributed by atoms with Gasteiger partial charge in [-0.3, -0.25) is 4.99 Å². The minimum atomic E-state index is 1.03. The zero-order valence-electron chi connectivity index (χ0n) is 13.2. The van der Waals surface area contributed by atoms with Crippen LogP contribution in [0.1, 0.15) is 32.1 Å². The molecule has 0 aromatic rings. The molecule has 0 aromatic heterocycles. The average molecular weight is 273 g/mol. The number of rotatable bonds is 4. The largest absolute Gasteiger partial charge is 0.342 e. The lowest BCUT2D eigenvalue weighted by Crippen LogP contribution is -2.29. The first-order chi connectivity index (χ1) is 9.69. The molecular weight excluding hydrogens is 246 g/mol. The molecule has 0 aromatic carbocycles. The zero-order valence-corrected chi connectivity index (χ0v) is 13.2. The summed E-state index contributed by atoms with van der Waals surface area (Å²) < 4.78 is 0. The van der Waals surface area contributed by atoms with Crippen molar-refractivity contribution in [1.29, 1.82) is 0 Å². The van der Waals surface area contributed by atoms with Crippen LogP contribution in [0.5, 0.6) is 0 Å². The molecule has 0 saturated carbocycles. The Hall–Kier alpha value is -1.35. The molecule has 0 unspecified atom stereocenters. The third-order valence-corrected chi connectivity index (χ3v) is 4.10. The van der Waals surface area contributed by atoms with Crippen LogP contribution in [0.25, 0.3) is 0 Å². The van der Waals surface area contributed by atoms with Crippen molar-refractivity contribution in [1.82, 2.24) is 9.80 Å². The number of nitrogens with zero attached hydrogens (tertiary/aromatic N) is 3. The summed E-state index contributed by atoms with van der Waals surface area (Å²) in [6.45, 7) is 5.96. The van der Waals surface area contributed by atoms with Gasteiger partial charge in [-0.05, 0) is 51.4 Å². The van der Waals surface area contributed by atoms with Gasteiger partial charge in [-0.25, -0.2) is 0 Å². The summed E-state index contributed by atoms with van der Waals surface area (Å²) in [4.78, 5) is 9.29. The van der Waals surface area contributed by atoms with Crippen LogP contribution in [-0.2, 0) is 0 Å². The van der Waals surface area contributed by atoms with Crippen LogP contribution in [0.3, 0.4) is 0 Å². The third kappa shape index (κ3) is 3.04. The van der Waals surface area contributed by atoms with Gasteiger partial charge in [0, 0.05) is 25.8 Å². The number of hydrogen-bond acceptors (Lipinski definition) is 3. The molecule has 0 bridgehead atoms. The van der Waals surface area contributed by atoms with E-state index in [-0.39, 0.29) is 0 Å². The van der Waals surface area contributed by atoms with Crippen LogP contribution >= 0.6 is 0 Å². The quantitative estimate of drug-likeness (QED) is 0.783. The maximum absolute atomic E-state index is 4.58. The fourth-order valence-electron chi connectivity index (χ4n) is 3.13. The van der Waals surface area contributed by atoms with Crippen LogP contribution in [0.2, 0.25) is 0 Å². The summed E-state index contributed by atoms with van der Waals surface area (Å²) in [7, 11) is 6.17. The van der Waals surface area contributed by atoms with Crippen molar-refractivity contribution in [3.05, 3.63) is 35.7 Å². The third-order valence-electron chi connectivity index (χ3n) is 4.10. The number of likely N-dealkylation sites (N-methyl/N-ethyl adjacent to an activating group) is 1. The maximum Gasteiger partial charge on any atom is 0.0857 e. The molecule has 0 atom stereocenters. The molecule has 2 aliphatic rings. The van der Waals surface area contributed by atoms with Crippen LogP contribution in [0.4, 0.5) is 0 Å². The Morgan fingerprint density at radius 1 is 1.25 bits per heavy atom. The van der Waals surface area contributed by atoms with Gasteiger partial charge in [0.25, 0.3) is 0 Å². The molecule has 0 amide bonds. The van der Waals surface area contributed by atoms with Crippen molar-refractivity contribution < 1.29 is 0 Å². The van der Waals surface area contributed by atoms with Gasteiger partial charge in [-0.15, -0.1) is 0 Å². The predicted molar refractivity (Wildman–Crippen MR) is 87.0 cm³/mol. The molecule has 2 rings (SSSR count). The van der Waals surface area contributed by atoms with E-state index in [0.29, 0.717) is 0 Å².